The summed E-state index contributed by atoms with van der Waals surface area (Å²) in [4.78, 5) is 0. The number of hydrogen-bond donors (Lipinski definition) is 0. The van der Waals surface area contributed by atoms with Crippen molar-refractivity contribution >= 4 is 38.3 Å². The van der Waals surface area contributed by atoms with Gasteiger partial charge in [0.05, 0.1) is 21.1 Å². The summed E-state index contributed by atoms with van der Waals surface area (Å²) in [6.07, 6.45) is 0. The number of halogens is 2. The molecule has 0 aliphatic heterocycles. The van der Waals surface area contributed by atoms with Crippen molar-refractivity contribution in [2.24, 2.45) is 0 Å². The number of benzene rings is 3. The van der Waals surface area contributed by atoms with E-state index in [0.717, 1.165) is 15.2 Å². The molecule has 0 aliphatic rings. The van der Waals surface area contributed by atoms with Gasteiger partial charge in [0.25, 0.3) is 0 Å². The zero-order valence-corrected chi connectivity index (χ0v) is 13.1. The number of fused-ring (bicyclic) bond motifs is 1. The Kier molecular flexibility index (Phi) is 3.83. The second-order valence-electron chi connectivity index (χ2n) is 4.46. The third kappa shape index (κ3) is 2.73. The predicted molar refractivity (Wildman–Crippen MR) is 87.9 cm³/mol. The van der Waals surface area contributed by atoms with E-state index in [-0.39, 0.29) is 0 Å². The van der Waals surface area contributed by atoms with Gasteiger partial charge in [0, 0.05) is 0 Å². The number of rotatable bonds is 2. The van der Waals surface area contributed by atoms with E-state index in [1.54, 1.807) is 18.2 Å². The summed E-state index contributed by atoms with van der Waals surface area (Å²) in [6, 6.07) is 18.9. The molecule has 0 heterocycles. The SMILES string of the molecule is N#Cc1ccc(Oc2ccc3ccccc3c2Br)c(Cl)c1. The largest absolute Gasteiger partial charge is 0.455 e. The van der Waals surface area contributed by atoms with Crippen LogP contribution < -0.4 is 4.74 Å². The average Bonchev–Trinajstić information content (AvgIpc) is 2.52. The summed E-state index contributed by atoms with van der Waals surface area (Å²) >= 11 is 9.71. The molecule has 0 bridgehead atoms. The van der Waals surface area contributed by atoms with E-state index in [1.165, 1.54) is 0 Å². The molecule has 3 aromatic rings. The molecule has 0 aromatic heterocycles. The molecule has 0 atom stereocenters. The number of nitriles is 1. The summed E-state index contributed by atoms with van der Waals surface area (Å²) in [5.74, 6) is 1.20. The first-order chi connectivity index (χ1) is 10.2. The second-order valence-corrected chi connectivity index (χ2v) is 5.66. The quantitative estimate of drug-likeness (QED) is 0.569. The minimum Gasteiger partial charge on any atom is -0.455 e. The normalized spacial score (nSPS) is 10.3. The van der Waals surface area contributed by atoms with Crippen molar-refractivity contribution in [1.82, 2.24) is 0 Å². The maximum Gasteiger partial charge on any atom is 0.146 e. The fourth-order valence-electron chi connectivity index (χ4n) is 2.06. The van der Waals surface area contributed by atoms with Crippen molar-refractivity contribution < 1.29 is 4.74 Å². The minimum absolute atomic E-state index is 0.411. The lowest BCUT2D eigenvalue weighted by Crippen LogP contribution is -1.88. The molecule has 0 radical (unpaired) electrons. The van der Waals surface area contributed by atoms with E-state index in [1.807, 2.05) is 42.5 Å². The molecule has 0 saturated heterocycles. The van der Waals surface area contributed by atoms with Crippen LogP contribution in [0.2, 0.25) is 5.02 Å². The third-order valence-electron chi connectivity index (χ3n) is 3.11. The highest BCUT2D eigenvalue weighted by molar-refractivity contribution is 9.10. The number of hydrogen-bond acceptors (Lipinski definition) is 2. The standard InChI is InChI=1S/C17H9BrClNO/c18-17-13-4-2-1-3-12(13)6-8-16(17)21-15-7-5-11(10-20)9-14(15)19/h1-9H. The van der Waals surface area contributed by atoms with Gasteiger partial charge in [-0.1, -0.05) is 41.9 Å². The molecule has 0 amide bonds. The van der Waals surface area contributed by atoms with Crippen LogP contribution in [0.15, 0.2) is 59.1 Å². The van der Waals surface area contributed by atoms with Crippen molar-refractivity contribution in [2.45, 2.75) is 0 Å². The van der Waals surface area contributed by atoms with Gasteiger partial charge in [0.15, 0.2) is 0 Å². The molecule has 0 spiro atoms. The second kappa shape index (κ2) is 5.77. The van der Waals surface area contributed by atoms with E-state index in [4.69, 9.17) is 21.6 Å². The molecule has 0 N–H and O–H groups in total. The van der Waals surface area contributed by atoms with Crippen LogP contribution in [0, 0.1) is 11.3 Å². The average molecular weight is 359 g/mol. The van der Waals surface area contributed by atoms with Crippen molar-refractivity contribution in [2.75, 3.05) is 0 Å². The van der Waals surface area contributed by atoms with E-state index in [2.05, 4.69) is 15.9 Å². The molecule has 0 saturated carbocycles. The zero-order chi connectivity index (χ0) is 14.8. The summed E-state index contributed by atoms with van der Waals surface area (Å²) in [5, 5.41) is 11.5. The fourth-order valence-corrected chi connectivity index (χ4v) is 2.86. The zero-order valence-electron chi connectivity index (χ0n) is 10.8. The smallest absolute Gasteiger partial charge is 0.146 e. The molecular formula is C17H9BrClNO. The monoisotopic (exact) mass is 357 g/mol. The van der Waals surface area contributed by atoms with Crippen molar-refractivity contribution in [1.29, 1.82) is 5.26 Å². The lowest BCUT2D eigenvalue weighted by molar-refractivity contribution is 0.481. The van der Waals surface area contributed by atoms with Crippen LogP contribution in [-0.4, -0.2) is 0 Å². The predicted octanol–water partition coefficient (Wildman–Crippen LogP) is 5.92. The van der Waals surface area contributed by atoms with E-state index < -0.39 is 0 Å². The van der Waals surface area contributed by atoms with Crippen molar-refractivity contribution in [3.63, 3.8) is 0 Å². The Labute approximate surface area is 135 Å². The van der Waals surface area contributed by atoms with Gasteiger partial charge in [-0.2, -0.15) is 5.26 Å². The third-order valence-corrected chi connectivity index (χ3v) is 4.22. The van der Waals surface area contributed by atoms with Gasteiger partial charge in [-0.25, -0.2) is 0 Å². The molecule has 102 valence electrons. The molecule has 0 fully saturated rings. The summed E-state index contributed by atoms with van der Waals surface area (Å²) < 4.78 is 6.74. The summed E-state index contributed by atoms with van der Waals surface area (Å²) in [6.45, 7) is 0. The molecule has 21 heavy (non-hydrogen) atoms. The Bertz CT molecular complexity index is 870. The van der Waals surface area contributed by atoms with Crippen molar-refractivity contribution in [3.05, 3.63) is 69.7 Å². The Morgan fingerprint density at radius 1 is 1.00 bits per heavy atom. The van der Waals surface area contributed by atoms with Gasteiger partial charge >= 0.3 is 0 Å². The topological polar surface area (TPSA) is 33.0 Å². The first-order valence-electron chi connectivity index (χ1n) is 6.24. The highest BCUT2D eigenvalue weighted by atomic mass is 79.9. The Morgan fingerprint density at radius 3 is 2.52 bits per heavy atom. The maximum atomic E-state index is 8.85. The molecule has 3 aromatic carbocycles. The van der Waals surface area contributed by atoms with E-state index >= 15 is 0 Å². The van der Waals surface area contributed by atoms with Crippen LogP contribution in [0.5, 0.6) is 11.5 Å². The van der Waals surface area contributed by atoms with Gasteiger partial charge in [-0.05, 0) is 51.0 Å². The lowest BCUT2D eigenvalue weighted by atomic mass is 10.1. The van der Waals surface area contributed by atoms with Crippen LogP contribution in [0.1, 0.15) is 5.56 Å². The van der Waals surface area contributed by atoms with Crippen LogP contribution in [0.25, 0.3) is 10.8 Å². The highest BCUT2D eigenvalue weighted by Gasteiger charge is 2.09. The molecule has 2 nitrogen and oxygen atoms in total. The fraction of sp³-hybridized carbons (Fsp3) is 0. The van der Waals surface area contributed by atoms with Gasteiger partial charge in [-0.3, -0.25) is 0 Å². The number of nitrogens with zero attached hydrogens (tertiary/aromatic N) is 1. The van der Waals surface area contributed by atoms with Gasteiger partial charge in [-0.15, -0.1) is 0 Å². The van der Waals surface area contributed by atoms with Gasteiger partial charge < -0.3 is 4.74 Å². The summed E-state index contributed by atoms with van der Waals surface area (Å²) in [7, 11) is 0. The number of ether oxygens (including phenoxy) is 1. The van der Waals surface area contributed by atoms with Gasteiger partial charge in [0.2, 0.25) is 0 Å². The molecular weight excluding hydrogens is 350 g/mol. The Morgan fingerprint density at radius 2 is 1.76 bits per heavy atom. The molecule has 0 unspecified atom stereocenters. The van der Waals surface area contributed by atoms with Crippen molar-refractivity contribution in [3.8, 4) is 17.6 Å². The Hall–Kier alpha value is -2.02. The maximum absolute atomic E-state index is 8.85. The first kappa shape index (κ1) is 13.9. The Balaban J connectivity index is 2.02. The molecule has 4 heteroatoms. The summed E-state index contributed by atoms with van der Waals surface area (Å²) in [5.41, 5.74) is 0.505. The first-order valence-corrected chi connectivity index (χ1v) is 7.41. The lowest BCUT2D eigenvalue weighted by Gasteiger charge is -2.11. The highest BCUT2D eigenvalue weighted by Crippen LogP contribution is 2.37. The van der Waals surface area contributed by atoms with Gasteiger partial charge in [0.1, 0.15) is 11.5 Å². The van der Waals surface area contributed by atoms with Crippen LogP contribution in [0.3, 0.4) is 0 Å². The van der Waals surface area contributed by atoms with Crippen LogP contribution >= 0.6 is 27.5 Å². The minimum atomic E-state index is 0.411. The molecule has 3 rings (SSSR count). The van der Waals surface area contributed by atoms with Crippen LogP contribution in [-0.2, 0) is 0 Å². The van der Waals surface area contributed by atoms with E-state index in [9.17, 15) is 0 Å². The molecule has 0 aliphatic carbocycles. The van der Waals surface area contributed by atoms with Crippen LogP contribution in [0.4, 0.5) is 0 Å². The van der Waals surface area contributed by atoms with E-state index in [0.29, 0.717) is 22.1 Å².